The molecule has 0 bridgehead atoms. The first-order valence-corrected chi connectivity index (χ1v) is 6.92. The van der Waals surface area contributed by atoms with Gasteiger partial charge in [-0.05, 0) is 36.4 Å². The molecule has 90 valence electrons. The number of aromatic nitrogens is 2. The quantitative estimate of drug-likeness (QED) is 0.629. The predicted octanol–water partition coefficient (Wildman–Crippen LogP) is 4.34. The Morgan fingerprint density at radius 3 is 2.61 bits per heavy atom. The van der Waals surface area contributed by atoms with Crippen LogP contribution in [0.15, 0.2) is 45.3 Å². The number of hydrogen-bond donors (Lipinski definition) is 2. The number of nitrogens with zero attached hydrogens (tertiary/aromatic N) is 1. The molecule has 0 aliphatic carbocycles. The molecule has 3 aromatic rings. The third-order valence-electron chi connectivity index (χ3n) is 2.64. The van der Waals surface area contributed by atoms with Gasteiger partial charge in [0, 0.05) is 20.2 Å². The average molecular weight is 367 g/mol. The largest absolute Gasteiger partial charge is 0.399 e. The number of nitrogens with two attached hydrogens (primary N) is 1. The number of H-pyrrole nitrogens is 1. The van der Waals surface area contributed by atoms with Gasteiger partial charge in [-0.2, -0.15) is 0 Å². The maximum Gasteiger partial charge on any atom is 0.138 e. The second-order valence-corrected chi connectivity index (χ2v) is 5.85. The lowest BCUT2D eigenvalue weighted by atomic mass is 10.2. The number of halogens is 2. The number of anilines is 1. The third-order valence-corrected chi connectivity index (χ3v) is 3.59. The lowest BCUT2D eigenvalue weighted by molar-refractivity contribution is 1.33. The van der Waals surface area contributed by atoms with Crippen molar-refractivity contribution in [3.05, 3.63) is 45.3 Å². The minimum absolute atomic E-state index is 0.709. The normalized spacial score (nSPS) is 11.0. The standard InChI is InChI=1S/C13H9Br2N3/c14-8-1-2-11-12(6-8)18-13(17-11)7-3-9(15)5-10(16)4-7/h1-6H,16H2,(H,17,18). The van der Waals surface area contributed by atoms with Gasteiger partial charge in [0.25, 0.3) is 0 Å². The van der Waals surface area contributed by atoms with Crippen LogP contribution < -0.4 is 5.73 Å². The fraction of sp³-hybridized carbons (Fsp3) is 0. The van der Waals surface area contributed by atoms with Crippen molar-refractivity contribution < 1.29 is 0 Å². The summed E-state index contributed by atoms with van der Waals surface area (Å²) < 4.78 is 1.97. The highest BCUT2D eigenvalue weighted by Gasteiger charge is 2.07. The summed E-state index contributed by atoms with van der Waals surface area (Å²) in [6, 6.07) is 11.7. The van der Waals surface area contributed by atoms with Gasteiger partial charge in [0.15, 0.2) is 0 Å². The summed E-state index contributed by atoms with van der Waals surface area (Å²) in [4.78, 5) is 7.84. The van der Waals surface area contributed by atoms with Crippen LogP contribution in [0.5, 0.6) is 0 Å². The summed E-state index contributed by atoms with van der Waals surface area (Å²) in [6.45, 7) is 0. The Hall–Kier alpha value is -1.33. The summed E-state index contributed by atoms with van der Waals surface area (Å²) >= 11 is 6.88. The second-order valence-electron chi connectivity index (χ2n) is 4.02. The number of aromatic amines is 1. The molecule has 2 aromatic carbocycles. The van der Waals surface area contributed by atoms with Crippen molar-refractivity contribution in [1.29, 1.82) is 0 Å². The van der Waals surface area contributed by atoms with Crippen molar-refractivity contribution in [2.45, 2.75) is 0 Å². The molecular weight excluding hydrogens is 358 g/mol. The van der Waals surface area contributed by atoms with Gasteiger partial charge in [0.05, 0.1) is 11.0 Å². The van der Waals surface area contributed by atoms with Gasteiger partial charge in [0.1, 0.15) is 5.82 Å². The molecule has 3 rings (SSSR count). The average Bonchev–Trinajstić information content (AvgIpc) is 2.70. The van der Waals surface area contributed by atoms with E-state index < -0.39 is 0 Å². The van der Waals surface area contributed by atoms with Crippen LogP contribution in [0.1, 0.15) is 0 Å². The molecule has 0 spiro atoms. The summed E-state index contributed by atoms with van der Waals surface area (Å²) in [5.74, 6) is 0.816. The SMILES string of the molecule is Nc1cc(Br)cc(-c2nc3ccc(Br)cc3[nH]2)c1. The van der Waals surface area contributed by atoms with Crippen LogP contribution in [-0.4, -0.2) is 9.97 Å². The molecule has 0 saturated carbocycles. The Labute approximate surface area is 121 Å². The van der Waals surface area contributed by atoms with Crippen LogP contribution in [0.25, 0.3) is 22.4 Å². The molecule has 3 nitrogen and oxygen atoms in total. The van der Waals surface area contributed by atoms with Gasteiger partial charge in [-0.1, -0.05) is 31.9 Å². The number of benzene rings is 2. The van der Waals surface area contributed by atoms with E-state index in [2.05, 4.69) is 41.8 Å². The van der Waals surface area contributed by atoms with Crippen molar-refractivity contribution in [1.82, 2.24) is 9.97 Å². The molecule has 0 unspecified atom stereocenters. The van der Waals surface area contributed by atoms with E-state index in [0.717, 1.165) is 31.4 Å². The molecule has 0 atom stereocenters. The third kappa shape index (κ3) is 2.15. The predicted molar refractivity (Wildman–Crippen MR) is 81.3 cm³/mol. The highest BCUT2D eigenvalue weighted by molar-refractivity contribution is 9.10. The van der Waals surface area contributed by atoms with E-state index in [1.54, 1.807) is 0 Å². The van der Waals surface area contributed by atoms with Crippen LogP contribution in [0.2, 0.25) is 0 Å². The number of rotatable bonds is 1. The molecule has 0 aliphatic rings. The summed E-state index contributed by atoms with van der Waals surface area (Å²) in [5, 5.41) is 0. The Kier molecular flexibility index (Phi) is 2.87. The van der Waals surface area contributed by atoms with Gasteiger partial charge in [-0.3, -0.25) is 0 Å². The number of fused-ring (bicyclic) bond motifs is 1. The van der Waals surface area contributed by atoms with Crippen molar-refractivity contribution in [2.75, 3.05) is 5.73 Å². The Morgan fingerprint density at radius 1 is 1.00 bits per heavy atom. The number of hydrogen-bond acceptors (Lipinski definition) is 2. The van der Waals surface area contributed by atoms with Crippen molar-refractivity contribution in [3.63, 3.8) is 0 Å². The maximum atomic E-state index is 5.84. The van der Waals surface area contributed by atoms with Crippen LogP contribution in [-0.2, 0) is 0 Å². The van der Waals surface area contributed by atoms with E-state index in [9.17, 15) is 0 Å². The zero-order valence-corrected chi connectivity index (χ0v) is 12.4. The molecule has 1 aromatic heterocycles. The maximum absolute atomic E-state index is 5.84. The van der Waals surface area contributed by atoms with E-state index in [0.29, 0.717) is 5.69 Å². The molecule has 0 saturated heterocycles. The first kappa shape index (κ1) is 11.7. The minimum atomic E-state index is 0.709. The van der Waals surface area contributed by atoms with E-state index in [-0.39, 0.29) is 0 Å². The van der Waals surface area contributed by atoms with E-state index >= 15 is 0 Å². The van der Waals surface area contributed by atoms with Gasteiger partial charge >= 0.3 is 0 Å². The molecule has 0 amide bonds. The van der Waals surface area contributed by atoms with Crippen LogP contribution in [0, 0.1) is 0 Å². The second kappa shape index (κ2) is 4.40. The lowest BCUT2D eigenvalue weighted by Gasteiger charge is -2.00. The van der Waals surface area contributed by atoms with Gasteiger partial charge in [-0.15, -0.1) is 0 Å². The molecule has 3 N–H and O–H groups in total. The first-order valence-electron chi connectivity index (χ1n) is 5.33. The van der Waals surface area contributed by atoms with E-state index in [1.165, 1.54) is 0 Å². The van der Waals surface area contributed by atoms with Crippen LogP contribution in [0.4, 0.5) is 5.69 Å². The Balaban J connectivity index is 2.19. The van der Waals surface area contributed by atoms with E-state index in [4.69, 9.17) is 5.73 Å². The van der Waals surface area contributed by atoms with Crippen LogP contribution >= 0.6 is 31.9 Å². The monoisotopic (exact) mass is 365 g/mol. The number of nitrogens with one attached hydrogen (secondary N) is 1. The number of nitrogen functional groups attached to an aromatic ring is 1. The molecule has 0 fully saturated rings. The van der Waals surface area contributed by atoms with E-state index in [1.807, 2.05) is 36.4 Å². The highest BCUT2D eigenvalue weighted by atomic mass is 79.9. The van der Waals surface area contributed by atoms with Gasteiger partial charge in [-0.25, -0.2) is 4.98 Å². The fourth-order valence-corrected chi connectivity index (χ4v) is 2.74. The molecule has 18 heavy (non-hydrogen) atoms. The first-order chi connectivity index (χ1) is 8.61. The molecule has 1 heterocycles. The summed E-state index contributed by atoms with van der Waals surface area (Å²) in [5.41, 5.74) is 9.45. The highest BCUT2D eigenvalue weighted by Crippen LogP contribution is 2.27. The van der Waals surface area contributed by atoms with Crippen LogP contribution in [0.3, 0.4) is 0 Å². The Bertz CT molecular complexity index is 714. The van der Waals surface area contributed by atoms with Gasteiger partial charge in [0.2, 0.25) is 0 Å². The Morgan fingerprint density at radius 2 is 1.83 bits per heavy atom. The lowest BCUT2D eigenvalue weighted by Crippen LogP contribution is -1.87. The van der Waals surface area contributed by atoms with Gasteiger partial charge < -0.3 is 10.7 Å². The van der Waals surface area contributed by atoms with Crippen molar-refractivity contribution >= 4 is 48.6 Å². The minimum Gasteiger partial charge on any atom is -0.399 e. The topological polar surface area (TPSA) is 54.7 Å². The fourth-order valence-electron chi connectivity index (χ4n) is 1.87. The van der Waals surface area contributed by atoms with Crippen molar-refractivity contribution in [3.8, 4) is 11.4 Å². The zero-order chi connectivity index (χ0) is 12.7. The molecule has 0 aliphatic heterocycles. The smallest absolute Gasteiger partial charge is 0.138 e. The molecular formula is C13H9Br2N3. The van der Waals surface area contributed by atoms with Crippen molar-refractivity contribution in [2.24, 2.45) is 0 Å². The molecule has 0 radical (unpaired) electrons. The zero-order valence-electron chi connectivity index (χ0n) is 9.24. The summed E-state index contributed by atoms with van der Waals surface area (Å²) in [7, 11) is 0. The summed E-state index contributed by atoms with van der Waals surface area (Å²) in [6.07, 6.45) is 0. The number of imidazole rings is 1. The molecule has 5 heteroatoms.